The molecular formula is C12H17N5. The summed E-state index contributed by atoms with van der Waals surface area (Å²) in [6.45, 7) is 7.06. The van der Waals surface area contributed by atoms with Gasteiger partial charge >= 0.3 is 0 Å². The lowest BCUT2D eigenvalue weighted by Gasteiger charge is -2.24. The van der Waals surface area contributed by atoms with Crippen molar-refractivity contribution in [2.24, 2.45) is 13.0 Å². The number of nitriles is 2. The Labute approximate surface area is 102 Å². The Morgan fingerprint density at radius 3 is 2.59 bits per heavy atom. The molecule has 5 heteroatoms. The quantitative estimate of drug-likeness (QED) is 0.789. The van der Waals surface area contributed by atoms with Crippen LogP contribution in [0.3, 0.4) is 0 Å². The van der Waals surface area contributed by atoms with Crippen molar-refractivity contribution in [2.75, 3.05) is 18.0 Å². The smallest absolute Gasteiger partial charge is 0.145 e. The standard InChI is InChI=1S/C12H17N5/c1-5-17(8-9(2)6-13)12-11(7-14)10(3)15-16(12)4/h9H,5,8H2,1-4H3. The number of nitrogens with zero attached hydrogens (tertiary/aromatic N) is 5. The molecule has 0 spiro atoms. The van der Waals surface area contributed by atoms with Crippen LogP contribution in [-0.4, -0.2) is 22.9 Å². The molecule has 90 valence electrons. The lowest BCUT2D eigenvalue weighted by molar-refractivity contribution is 0.648. The van der Waals surface area contributed by atoms with Crippen molar-refractivity contribution in [3.8, 4) is 12.1 Å². The summed E-state index contributed by atoms with van der Waals surface area (Å²) in [6.07, 6.45) is 0. The summed E-state index contributed by atoms with van der Waals surface area (Å²) < 4.78 is 1.71. The Morgan fingerprint density at radius 1 is 1.47 bits per heavy atom. The van der Waals surface area contributed by atoms with Crippen LogP contribution in [0.15, 0.2) is 0 Å². The molecule has 5 nitrogen and oxygen atoms in total. The average Bonchev–Trinajstić information content (AvgIpc) is 2.60. The Kier molecular flexibility index (Phi) is 4.12. The van der Waals surface area contributed by atoms with Crippen LogP contribution in [0.2, 0.25) is 0 Å². The van der Waals surface area contributed by atoms with Crippen molar-refractivity contribution < 1.29 is 0 Å². The van der Waals surface area contributed by atoms with E-state index in [1.807, 2.05) is 32.7 Å². The molecule has 0 N–H and O–H groups in total. The zero-order chi connectivity index (χ0) is 13.0. The van der Waals surface area contributed by atoms with E-state index in [1.54, 1.807) is 4.68 Å². The SMILES string of the molecule is CCN(CC(C)C#N)c1c(C#N)c(C)nn1C. The van der Waals surface area contributed by atoms with Gasteiger partial charge in [0.05, 0.1) is 17.7 Å². The Hall–Kier alpha value is -2.01. The second-order valence-corrected chi connectivity index (χ2v) is 4.09. The van der Waals surface area contributed by atoms with Gasteiger partial charge in [-0.3, -0.25) is 4.68 Å². The first-order valence-corrected chi connectivity index (χ1v) is 5.63. The number of anilines is 1. The van der Waals surface area contributed by atoms with Crippen LogP contribution in [0.5, 0.6) is 0 Å². The normalized spacial score (nSPS) is 11.6. The zero-order valence-electron chi connectivity index (χ0n) is 10.7. The molecule has 0 saturated carbocycles. The van der Waals surface area contributed by atoms with Gasteiger partial charge in [-0.1, -0.05) is 0 Å². The van der Waals surface area contributed by atoms with E-state index in [9.17, 15) is 0 Å². The van der Waals surface area contributed by atoms with Crippen molar-refractivity contribution in [1.29, 1.82) is 10.5 Å². The van der Waals surface area contributed by atoms with E-state index in [0.29, 0.717) is 12.1 Å². The van der Waals surface area contributed by atoms with Crippen molar-refractivity contribution in [3.05, 3.63) is 11.3 Å². The molecular weight excluding hydrogens is 214 g/mol. The molecule has 0 bridgehead atoms. The lowest BCUT2D eigenvalue weighted by atomic mass is 10.2. The topological polar surface area (TPSA) is 68.6 Å². The first-order chi connectivity index (χ1) is 8.04. The molecule has 0 aromatic carbocycles. The van der Waals surface area contributed by atoms with Gasteiger partial charge in [-0.05, 0) is 20.8 Å². The van der Waals surface area contributed by atoms with Gasteiger partial charge in [0.2, 0.25) is 0 Å². The minimum atomic E-state index is -0.0725. The van der Waals surface area contributed by atoms with E-state index in [4.69, 9.17) is 10.5 Å². The van der Waals surface area contributed by atoms with Crippen molar-refractivity contribution >= 4 is 5.82 Å². The fourth-order valence-corrected chi connectivity index (χ4v) is 1.88. The minimum absolute atomic E-state index is 0.0725. The van der Waals surface area contributed by atoms with Gasteiger partial charge < -0.3 is 4.90 Å². The molecule has 0 saturated heterocycles. The van der Waals surface area contributed by atoms with Crippen LogP contribution in [0.1, 0.15) is 25.1 Å². The Bertz CT molecular complexity index is 474. The highest BCUT2D eigenvalue weighted by atomic mass is 15.4. The number of aryl methyl sites for hydroxylation is 2. The molecule has 1 atom stereocenters. The van der Waals surface area contributed by atoms with E-state index in [0.717, 1.165) is 18.1 Å². The van der Waals surface area contributed by atoms with E-state index < -0.39 is 0 Å². The maximum Gasteiger partial charge on any atom is 0.145 e. The highest BCUT2D eigenvalue weighted by molar-refractivity contribution is 5.57. The first kappa shape index (κ1) is 13.1. The summed E-state index contributed by atoms with van der Waals surface area (Å²) in [7, 11) is 1.82. The molecule has 1 aromatic heterocycles. The van der Waals surface area contributed by atoms with Crippen molar-refractivity contribution in [3.63, 3.8) is 0 Å². The number of aromatic nitrogens is 2. The van der Waals surface area contributed by atoms with Crippen LogP contribution in [-0.2, 0) is 7.05 Å². The Balaban J connectivity index is 3.13. The largest absolute Gasteiger partial charge is 0.355 e. The highest BCUT2D eigenvalue weighted by Crippen LogP contribution is 2.22. The van der Waals surface area contributed by atoms with E-state index in [2.05, 4.69) is 17.2 Å². The van der Waals surface area contributed by atoms with E-state index in [1.165, 1.54) is 0 Å². The molecule has 1 unspecified atom stereocenters. The van der Waals surface area contributed by atoms with Crippen molar-refractivity contribution in [2.45, 2.75) is 20.8 Å². The fourth-order valence-electron chi connectivity index (χ4n) is 1.88. The summed E-state index contributed by atoms with van der Waals surface area (Å²) in [5.74, 6) is 0.728. The summed E-state index contributed by atoms with van der Waals surface area (Å²) in [5, 5.41) is 22.3. The molecule has 1 rings (SSSR count). The third-order valence-corrected chi connectivity index (χ3v) is 2.70. The average molecular weight is 231 g/mol. The number of hydrogen-bond donors (Lipinski definition) is 0. The number of hydrogen-bond acceptors (Lipinski definition) is 4. The molecule has 0 aliphatic carbocycles. The Morgan fingerprint density at radius 2 is 2.12 bits per heavy atom. The summed E-state index contributed by atoms with van der Waals surface area (Å²) in [4.78, 5) is 2.02. The fraction of sp³-hybridized carbons (Fsp3) is 0.583. The van der Waals surface area contributed by atoms with Crippen molar-refractivity contribution in [1.82, 2.24) is 9.78 Å². The predicted molar refractivity (Wildman–Crippen MR) is 65.3 cm³/mol. The summed E-state index contributed by atoms with van der Waals surface area (Å²) in [6, 6.07) is 4.39. The molecule has 0 aliphatic rings. The van der Waals surface area contributed by atoms with Crippen LogP contribution >= 0.6 is 0 Å². The zero-order valence-corrected chi connectivity index (χ0v) is 10.7. The third-order valence-electron chi connectivity index (χ3n) is 2.70. The molecule has 0 amide bonds. The van der Waals surface area contributed by atoms with Gasteiger partial charge in [0.25, 0.3) is 0 Å². The lowest BCUT2D eigenvalue weighted by Crippen LogP contribution is -2.30. The van der Waals surface area contributed by atoms with Gasteiger partial charge in [0.15, 0.2) is 0 Å². The highest BCUT2D eigenvalue weighted by Gasteiger charge is 2.19. The second kappa shape index (κ2) is 5.36. The monoisotopic (exact) mass is 231 g/mol. The van der Waals surface area contributed by atoms with Crippen LogP contribution in [0.4, 0.5) is 5.82 Å². The molecule has 1 aromatic rings. The molecule has 0 radical (unpaired) electrons. The number of rotatable bonds is 4. The van der Waals surface area contributed by atoms with Gasteiger partial charge in [0.1, 0.15) is 17.5 Å². The minimum Gasteiger partial charge on any atom is -0.355 e. The maximum absolute atomic E-state index is 9.15. The maximum atomic E-state index is 9.15. The second-order valence-electron chi connectivity index (χ2n) is 4.09. The van der Waals surface area contributed by atoms with Gasteiger partial charge in [-0.15, -0.1) is 0 Å². The van der Waals surface area contributed by atoms with Crippen LogP contribution in [0, 0.1) is 35.5 Å². The van der Waals surface area contributed by atoms with E-state index >= 15 is 0 Å². The van der Waals surface area contributed by atoms with Gasteiger partial charge in [0, 0.05) is 20.1 Å². The van der Waals surface area contributed by atoms with Crippen LogP contribution in [0.25, 0.3) is 0 Å². The molecule has 0 aliphatic heterocycles. The van der Waals surface area contributed by atoms with Gasteiger partial charge in [-0.25, -0.2) is 0 Å². The third kappa shape index (κ3) is 2.57. The predicted octanol–water partition coefficient (Wildman–Crippen LogP) is 1.59. The van der Waals surface area contributed by atoms with E-state index in [-0.39, 0.29) is 5.92 Å². The molecule has 17 heavy (non-hydrogen) atoms. The summed E-state index contributed by atoms with van der Waals surface area (Å²) >= 11 is 0. The van der Waals surface area contributed by atoms with Gasteiger partial charge in [-0.2, -0.15) is 15.6 Å². The molecule has 1 heterocycles. The summed E-state index contributed by atoms with van der Waals surface area (Å²) in [5.41, 5.74) is 1.33. The molecule has 0 fully saturated rings. The van der Waals surface area contributed by atoms with Crippen LogP contribution < -0.4 is 4.90 Å². The first-order valence-electron chi connectivity index (χ1n) is 5.63.